The van der Waals surface area contributed by atoms with E-state index in [2.05, 4.69) is 25.2 Å². The van der Waals surface area contributed by atoms with Crippen LogP contribution in [0.5, 0.6) is 0 Å². The van der Waals surface area contributed by atoms with Crippen LogP contribution < -0.4 is 0 Å². The first-order chi connectivity index (χ1) is 22.0. The number of hydrogen-bond acceptors (Lipinski definition) is 11. The third-order valence-electron chi connectivity index (χ3n) is 7.25. The van der Waals surface area contributed by atoms with Gasteiger partial charge < -0.3 is 14.8 Å². The van der Waals surface area contributed by atoms with Crippen molar-refractivity contribution < 1.29 is 35.1 Å². The topological polar surface area (TPSA) is 189 Å². The molecule has 238 valence electrons. The molecule has 0 amide bonds. The number of rotatable bonds is 12. The summed E-state index contributed by atoms with van der Waals surface area (Å²) in [6, 6.07) is 21.4. The van der Waals surface area contributed by atoms with Crippen molar-refractivity contribution in [2.75, 3.05) is 0 Å². The maximum absolute atomic E-state index is 13.2. The van der Waals surface area contributed by atoms with E-state index in [9.17, 15) is 19.8 Å². The number of tetrazole rings is 1. The Kier molecular flexibility index (Phi) is 9.46. The lowest BCUT2D eigenvalue weighted by Gasteiger charge is -2.16. The van der Waals surface area contributed by atoms with Crippen LogP contribution in [0.25, 0.3) is 22.5 Å². The monoisotopic (exact) mass is 627 g/mol. The first-order valence-electron chi connectivity index (χ1n) is 14.5. The predicted molar refractivity (Wildman–Crippen MR) is 163 cm³/mol. The van der Waals surface area contributed by atoms with E-state index in [1.54, 1.807) is 28.8 Å². The molecule has 0 saturated carbocycles. The number of hydrogen-bond donors (Lipinski definition) is 4. The highest BCUT2D eigenvalue weighted by molar-refractivity contribution is 5.96. The molecule has 0 aliphatic rings. The maximum Gasteiger partial charge on any atom is 0.354 e. The second kappa shape index (κ2) is 13.5. The van der Waals surface area contributed by atoms with Crippen LogP contribution in [-0.2, 0) is 30.0 Å². The Labute approximate surface area is 263 Å². The van der Waals surface area contributed by atoms with E-state index in [1.807, 2.05) is 55.5 Å². The smallest absolute Gasteiger partial charge is 0.354 e. The van der Waals surface area contributed by atoms with Crippen molar-refractivity contribution in [2.45, 2.75) is 52.4 Å². The van der Waals surface area contributed by atoms with Crippen molar-refractivity contribution in [3.05, 3.63) is 107 Å². The summed E-state index contributed by atoms with van der Waals surface area (Å²) >= 11 is 0. The highest BCUT2D eigenvalue weighted by Crippen LogP contribution is 2.31. The van der Waals surface area contributed by atoms with E-state index < -0.39 is 22.9 Å². The van der Waals surface area contributed by atoms with Crippen molar-refractivity contribution in [1.29, 1.82) is 0 Å². The molecule has 0 aliphatic carbocycles. The van der Waals surface area contributed by atoms with Crippen LogP contribution in [0, 0.1) is 0 Å². The summed E-state index contributed by atoms with van der Waals surface area (Å²) in [5.41, 5.74) is 2.33. The van der Waals surface area contributed by atoms with Crippen LogP contribution in [-0.4, -0.2) is 67.7 Å². The second-order valence-corrected chi connectivity index (χ2v) is 11.1. The average Bonchev–Trinajstić information content (AvgIpc) is 3.66. The van der Waals surface area contributed by atoms with Gasteiger partial charge in [0.05, 0.1) is 12.0 Å². The lowest BCUT2D eigenvalue weighted by atomic mass is 9.98. The number of aromatic carboxylic acids is 1. The molecule has 2 heterocycles. The summed E-state index contributed by atoms with van der Waals surface area (Å²) in [7, 11) is 0. The lowest BCUT2D eigenvalue weighted by Crippen LogP contribution is -2.22. The minimum Gasteiger partial charge on any atom is -0.477 e. The van der Waals surface area contributed by atoms with Crippen molar-refractivity contribution in [1.82, 2.24) is 35.1 Å². The molecule has 5 rings (SSSR count). The molecule has 46 heavy (non-hydrogen) atoms. The Morgan fingerprint density at radius 2 is 1.63 bits per heavy atom. The summed E-state index contributed by atoms with van der Waals surface area (Å²) < 4.78 is 1.65. The Balaban J connectivity index is 1.42. The minimum absolute atomic E-state index is 0.0343. The summed E-state index contributed by atoms with van der Waals surface area (Å²) in [6.45, 7) is 5.00. The van der Waals surface area contributed by atoms with Crippen LogP contribution in [0.15, 0.2) is 72.8 Å². The van der Waals surface area contributed by atoms with Gasteiger partial charge in [-0.05, 0) is 53.8 Å². The van der Waals surface area contributed by atoms with Crippen molar-refractivity contribution >= 4 is 11.9 Å². The molecule has 0 spiro atoms. The van der Waals surface area contributed by atoms with Gasteiger partial charge in [-0.3, -0.25) is 15.2 Å². The number of aryl methyl sites for hydroxylation is 1. The SMILES string of the molecule is CCCc1nc(C(C)(C)O)c(C(=O)O)n1Cc1ccc(-c2ccccc2-c2nnn(C(=O)c3ccccc3CON(O)O)n2)cc1. The fourth-order valence-corrected chi connectivity index (χ4v) is 5.13. The predicted octanol–water partition coefficient (Wildman–Crippen LogP) is 4.33. The van der Waals surface area contributed by atoms with E-state index in [1.165, 1.54) is 13.8 Å². The number of aliphatic hydroxyl groups is 1. The number of benzene rings is 3. The number of carboxylic acids is 1. The molecule has 14 nitrogen and oxygen atoms in total. The number of carbonyl (C=O) groups excluding carboxylic acids is 1. The molecule has 0 bridgehead atoms. The molecular weight excluding hydrogens is 594 g/mol. The molecule has 0 unspecified atom stereocenters. The molecule has 0 radical (unpaired) electrons. The second-order valence-electron chi connectivity index (χ2n) is 11.1. The minimum atomic E-state index is -1.42. The van der Waals surface area contributed by atoms with Crippen molar-refractivity contribution in [2.24, 2.45) is 0 Å². The van der Waals surface area contributed by atoms with Gasteiger partial charge in [0.2, 0.25) is 5.82 Å². The highest BCUT2D eigenvalue weighted by atomic mass is 17.1. The molecule has 0 saturated heterocycles. The molecule has 5 aromatic rings. The largest absolute Gasteiger partial charge is 0.477 e. The summed E-state index contributed by atoms with van der Waals surface area (Å²) in [5, 5.41) is 50.4. The third kappa shape index (κ3) is 6.91. The quantitative estimate of drug-likeness (QED) is 0.144. The average molecular weight is 628 g/mol. The van der Waals surface area contributed by atoms with Gasteiger partial charge in [0, 0.05) is 24.1 Å². The van der Waals surface area contributed by atoms with Crippen LogP contribution in [0.1, 0.15) is 70.7 Å². The summed E-state index contributed by atoms with van der Waals surface area (Å²) in [5.74, 6) is -0.937. The molecule has 14 heteroatoms. The van der Waals surface area contributed by atoms with Crippen LogP contribution >= 0.6 is 0 Å². The van der Waals surface area contributed by atoms with Crippen molar-refractivity contribution in [3.63, 3.8) is 0 Å². The Morgan fingerprint density at radius 3 is 2.28 bits per heavy atom. The lowest BCUT2D eigenvalue weighted by molar-refractivity contribution is -0.497. The van der Waals surface area contributed by atoms with Crippen molar-refractivity contribution in [3.8, 4) is 22.5 Å². The normalized spacial score (nSPS) is 11.7. The number of aromatic nitrogens is 6. The highest BCUT2D eigenvalue weighted by Gasteiger charge is 2.31. The van der Waals surface area contributed by atoms with E-state index in [-0.39, 0.29) is 35.9 Å². The first-order valence-corrected chi connectivity index (χ1v) is 14.5. The van der Waals surface area contributed by atoms with Gasteiger partial charge in [-0.15, -0.1) is 10.2 Å². The zero-order valence-corrected chi connectivity index (χ0v) is 25.4. The maximum atomic E-state index is 13.2. The Bertz CT molecular complexity index is 1860. The van der Waals surface area contributed by atoms with Gasteiger partial charge in [0.1, 0.15) is 17.1 Å². The number of nitrogens with zero attached hydrogens (tertiary/aromatic N) is 7. The van der Waals surface area contributed by atoms with Crippen LogP contribution in [0.3, 0.4) is 0 Å². The number of carbonyl (C=O) groups is 2. The van der Waals surface area contributed by atoms with Gasteiger partial charge in [0.25, 0.3) is 5.91 Å². The molecule has 0 fully saturated rings. The molecule has 0 atom stereocenters. The standard InChI is InChI=1S/C32H33N7O7/c1-4-9-26-33-28(32(2,3)43)27(31(41)42)37(26)18-20-14-16-21(17-15-20)23-11-7-8-13-25(23)29-34-36-38(35-29)30(40)24-12-6-5-10-22(24)19-46-39(44)45/h5-8,10-17,43-45H,4,9,18-19H2,1-3H3,(H,41,42). The summed E-state index contributed by atoms with van der Waals surface area (Å²) in [6.07, 6.45) is 1.32. The van der Waals surface area contributed by atoms with Crippen LogP contribution in [0.4, 0.5) is 0 Å². The molecule has 2 aromatic heterocycles. The van der Waals surface area contributed by atoms with E-state index in [4.69, 9.17) is 10.4 Å². The van der Waals surface area contributed by atoms with Gasteiger partial charge in [-0.1, -0.05) is 78.5 Å². The molecule has 4 N–H and O–H groups in total. The fourth-order valence-electron chi connectivity index (χ4n) is 5.13. The van der Waals surface area contributed by atoms with Gasteiger partial charge >= 0.3 is 5.97 Å². The summed E-state index contributed by atoms with van der Waals surface area (Å²) in [4.78, 5) is 35.5. The van der Waals surface area contributed by atoms with Gasteiger partial charge in [-0.25, -0.2) is 14.6 Å². The van der Waals surface area contributed by atoms with Gasteiger partial charge in [-0.2, -0.15) is 0 Å². The van der Waals surface area contributed by atoms with E-state index in [0.29, 0.717) is 23.4 Å². The van der Waals surface area contributed by atoms with E-state index >= 15 is 0 Å². The van der Waals surface area contributed by atoms with E-state index in [0.717, 1.165) is 27.9 Å². The fraction of sp³-hybridized carbons (Fsp3) is 0.250. The van der Waals surface area contributed by atoms with Gasteiger partial charge in [0.15, 0.2) is 5.69 Å². The molecule has 3 aromatic carbocycles. The number of imidazole rings is 1. The Morgan fingerprint density at radius 1 is 0.957 bits per heavy atom. The molecular formula is C32H33N7O7. The zero-order valence-electron chi connectivity index (χ0n) is 25.4. The first kappa shape index (κ1) is 32.3. The van der Waals surface area contributed by atoms with Crippen LogP contribution in [0.2, 0.25) is 0 Å². The zero-order chi connectivity index (χ0) is 33.0. The third-order valence-corrected chi connectivity index (χ3v) is 7.25. The Hall–Kier alpha value is -5.12. The number of carboxylic acid groups (broad SMARTS) is 1. The molecule has 0 aliphatic heterocycles.